The summed E-state index contributed by atoms with van der Waals surface area (Å²) in [7, 11) is 0. The Morgan fingerprint density at radius 2 is 1.85 bits per heavy atom. The fraction of sp³-hybridized carbons (Fsp3) is 0.941. The molecule has 0 radical (unpaired) electrons. The van der Waals surface area contributed by atoms with Gasteiger partial charge in [-0.25, -0.2) is 0 Å². The molecular weight excluding hydrogens is 246 g/mol. The van der Waals surface area contributed by atoms with Crippen molar-refractivity contribution in [3.05, 3.63) is 0 Å². The lowest BCUT2D eigenvalue weighted by Gasteiger charge is -2.40. The SMILES string of the molecule is CCN(CC(C#N)(NC(C)C)C1CC1)C1CCCCC1. The predicted molar refractivity (Wildman–Crippen MR) is 83.5 cm³/mol. The highest BCUT2D eigenvalue weighted by Crippen LogP contribution is 2.41. The van der Waals surface area contributed by atoms with Gasteiger partial charge >= 0.3 is 0 Å². The van der Waals surface area contributed by atoms with Crippen LogP contribution in [0, 0.1) is 17.2 Å². The van der Waals surface area contributed by atoms with Crippen molar-refractivity contribution in [2.45, 2.75) is 83.3 Å². The van der Waals surface area contributed by atoms with Gasteiger partial charge in [0.1, 0.15) is 5.54 Å². The molecule has 0 saturated heterocycles. The minimum atomic E-state index is -0.318. The summed E-state index contributed by atoms with van der Waals surface area (Å²) >= 11 is 0. The Labute approximate surface area is 124 Å². The number of nitrogens with one attached hydrogen (secondary N) is 1. The Bertz CT molecular complexity index is 337. The Morgan fingerprint density at radius 1 is 1.20 bits per heavy atom. The van der Waals surface area contributed by atoms with E-state index in [1.807, 2.05) is 0 Å². The van der Waals surface area contributed by atoms with E-state index in [0.29, 0.717) is 18.0 Å². The zero-order chi connectivity index (χ0) is 14.6. The van der Waals surface area contributed by atoms with Crippen molar-refractivity contribution in [2.24, 2.45) is 5.92 Å². The van der Waals surface area contributed by atoms with Crippen LogP contribution in [0.3, 0.4) is 0 Å². The molecule has 0 aromatic rings. The zero-order valence-corrected chi connectivity index (χ0v) is 13.5. The van der Waals surface area contributed by atoms with Gasteiger partial charge in [0.2, 0.25) is 0 Å². The van der Waals surface area contributed by atoms with Gasteiger partial charge in [0.05, 0.1) is 6.07 Å². The first-order chi connectivity index (χ1) is 9.61. The van der Waals surface area contributed by atoms with Gasteiger partial charge in [0, 0.05) is 18.6 Å². The third-order valence-corrected chi connectivity index (χ3v) is 4.97. The molecule has 3 heteroatoms. The number of rotatable bonds is 7. The fourth-order valence-electron chi connectivity index (χ4n) is 3.81. The quantitative estimate of drug-likeness (QED) is 0.776. The summed E-state index contributed by atoms with van der Waals surface area (Å²) in [5.74, 6) is 0.563. The fourth-order valence-corrected chi connectivity index (χ4v) is 3.81. The van der Waals surface area contributed by atoms with Crippen LogP contribution < -0.4 is 5.32 Å². The third-order valence-electron chi connectivity index (χ3n) is 4.97. The summed E-state index contributed by atoms with van der Waals surface area (Å²) in [5.41, 5.74) is -0.318. The van der Waals surface area contributed by atoms with Crippen molar-refractivity contribution in [3.8, 4) is 6.07 Å². The zero-order valence-electron chi connectivity index (χ0n) is 13.5. The van der Waals surface area contributed by atoms with Crippen molar-refractivity contribution < 1.29 is 0 Å². The van der Waals surface area contributed by atoms with Crippen LogP contribution in [0.15, 0.2) is 0 Å². The van der Waals surface area contributed by atoms with E-state index in [9.17, 15) is 5.26 Å². The molecule has 114 valence electrons. The second-order valence-electron chi connectivity index (χ2n) is 7.01. The molecular formula is C17H31N3. The predicted octanol–water partition coefficient (Wildman–Crippen LogP) is 3.31. The highest BCUT2D eigenvalue weighted by molar-refractivity contribution is 5.17. The first-order valence-electron chi connectivity index (χ1n) is 8.54. The van der Waals surface area contributed by atoms with Crippen LogP contribution in [0.1, 0.15) is 65.7 Å². The van der Waals surface area contributed by atoms with E-state index in [1.165, 1.54) is 44.9 Å². The molecule has 1 N–H and O–H groups in total. The van der Waals surface area contributed by atoms with E-state index in [2.05, 4.69) is 37.1 Å². The lowest BCUT2D eigenvalue weighted by Crippen LogP contribution is -2.58. The largest absolute Gasteiger partial charge is 0.298 e. The summed E-state index contributed by atoms with van der Waals surface area (Å²) in [6.45, 7) is 8.55. The summed E-state index contributed by atoms with van der Waals surface area (Å²) in [6.07, 6.45) is 9.20. The molecule has 0 aromatic carbocycles. The van der Waals surface area contributed by atoms with Gasteiger partial charge < -0.3 is 0 Å². The average Bonchev–Trinajstić information content (AvgIpc) is 3.29. The summed E-state index contributed by atoms with van der Waals surface area (Å²) in [5, 5.41) is 13.4. The average molecular weight is 277 g/mol. The molecule has 2 aliphatic rings. The normalized spacial score (nSPS) is 23.8. The molecule has 0 aliphatic heterocycles. The Kier molecular flexibility index (Phi) is 5.46. The van der Waals surface area contributed by atoms with Gasteiger partial charge in [-0.05, 0) is 52.0 Å². The van der Waals surface area contributed by atoms with Crippen LogP contribution >= 0.6 is 0 Å². The van der Waals surface area contributed by atoms with Crippen molar-refractivity contribution in [3.63, 3.8) is 0 Å². The lowest BCUT2D eigenvalue weighted by molar-refractivity contribution is 0.120. The van der Waals surface area contributed by atoms with Crippen molar-refractivity contribution in [2.75, 3.05) is 13.1 Å². The topological polar surface area (TPSA) is 39.1 Å². The molecule has 2 aliphatic carbocycles. The van der Waals surface area contributed by atoms with Gasteiger partial charge in [-0.1, -0.05) is 26.2 Å². The smallest absolute Gasteiger partial charge is 0.122 e. The number of likely N-dealkylation sites (N-methyl/N-ethyl adjacent to an activating group) is 1. The van der Waals surface area contributed by atoms with Gasteiger partial charge in [-0.15, -0.1) is 0 Å². The number of nitrogens with zero attached hydrogens (tertiary/aromatic N) is 2. The molecule has 0 heterocycles. The van der Waals surface area contributed by atoms with E-state index < -0.39 is 0 Å². The molecule has 1 atom stereocenters. The maximum absolute atomic E-state index is 9.84. The summed E-state index contributed by atoms with van der Waals surface area (Å²) in [6, 6.07) is 3.74. The monoisotopic (exact) mass is 277 g/mol. The minimum absolute atomic E-state index is 0.318. The minimum Gasteiger partial charge on any atom is -0.298 e. The lowest BCUT2D eigenvalue weighted by atomic mass is 9.89. The van der Waals surface area contributed by atoms with E-state index in [0.717, 1.165) is 13.1 Å². The molecule has 2 saturated carbocycles. The van der Waals surface area contributed by atoms with E-state index >= 15 is 0 Å². The highest BCUT2D eigenvalue weighted by atomic mass is 15.2. The molecule has 3 nitrogen and oxygen atoms in total. The first-order valence-corrected chi connectivity index (χ1v) is 8.54. The van der Waals surface area contributed by atoms with Crippen molar-refractivity contribution in [1.29, 1.82) is 5.26 Å². The molecule has 0 spiro atoms. The highest BCUT2D eigenvalue weighted by Gasteiger charge is 2.47. The Morgan fingerprint density at radius 3 is 2.30 bits per heavy atom. The molecule has 1 unspecified atom stereocenters. The van der Waals surface area contributed by atoms with Crippen LogP contribution in [0.2, 0.25) is 0 Å². The third kappa shape index (κ3) is 3.74. The molecule has 0 bridgehead atoms. The number of nitriles is 1. The van der Waals surface area contributed by atoms with Crippen molar-refractivity contribution >= 4 is 0 Å². The summed E-state index contributed by atoms with van der Waals surface area (Å²) in [4.78, 5) is 2.58. The van der Waals surface area contributed by atoms with Gasteiger partial charge in [0.25, 0.3) is 0 Å². The van der Waals surface area contributed by atoms with Crippen LogP contribution in [0.5, 0.6) is 0 Å². The Hall–Kier alpha value is -0.590. The molecule has 2 rings (SSSR count). The van der Waals surface area contributed by atoms with E-state index in [4.69, 9.17) is 0 Å². The molecule has 0 amide bonds. The Balaban J connectivity index is 2.06. The van der Waals surface area contributed by atoms with E-state index in [1.54, 1.807) is 0 Å². The summed E-state index contributed by atoms with van der Waals surface area (Å²) < 4.78 is 0. The standard InChI is InChI=1S/C17H31N3/c1-4-20(16-8-6-5-7-9-16)13-17(12-18,15-10-11-15)19-14(2)3/h14-16,19H,4-11,13H2,1-3H3. The van der Waals surface area contributed by atoms with Crippen molar-refractivity contribution in [1.82, 2.24) is 10.2 Å². The second kappa shape index (κ2) is 6.91. The van der Waals surface area contributed by atoms with Gasteiger partial charge in [-0.2, -0.15) is 5.26 Å². The van der Waals surface area contributed by atoms with Gasteiger partial charge in [0.15, 0.2) is 0 Å². The van der Waals surface area contributed by atoms with Crippen LogP contribution in [-0.2, 0) is 0 Å². The van der Waals surface area contributed by atoms with E-state index in [-0.39, 0.29) is 5.54 Å². The maximum atomic E-state index is 9.84. The van der Waals surface area contributed by atoms with Gasteiger partial charge in [-0.3, -0.25) is 10.2 Å². The van der Waals surface area contributed by atoms with Crippen LogP contribution in [-0.4, -0.2) is 35.6 Å². The second-order valence-corrected chi connectivity index (χ2v) is 7.01. The molecule has 0 aromatic heterocycles. The maximum Gasteiger partial charge on any atom is 0.122 e. The van der Waals surface area contributed by atoms with Crippen LogP contribution in [0.25, 0.3) is 0 Å². The molecule has 20 heavy (non-hydrogen) atoms. The first kappa shape index (κ1) is 15.8. The number of hydrogen-bond acceptors (Lipinski definition) is 3. The molecule has 2 fully saturated rings. The number of hydrogen-bond donors (Lipinski definition) is 1. The van der Waals surface area contributed by atoms with Crippen LogP contribution in [0.4, 0.5) is 0 Å².